The Labute approximate surface area is 138 Å². The van der Waals surface area contributed by atoms with E-state index in [1.807, 2.05) is 6.07 Å². The van der Waals surface area contributed by atoms with E-state index in [1.165, 1.54) is 23.0 Å². The van der Waals surface area contributed by atoms with Crippen LogP contribution in [0.15, 0.2) is 21.7 Å². The molecule has 2 heterocycles. The summed E-state index contributed by atoms with van der Waals surface area (Å²) in [5, 5.41) is 16.5. The van der Waals surface area contributed by atoms with Crippen LogP contribution in [-0.2, 0) is 17.6 Å². The maximum Gasteiger partial charge on any atom is 0.257 e. The molecule has 0 saturated heterocycles. The standard InChI is InChI=1S/C16H16N4O2S/c1-10-6-14(20-22-10)19-15(21)9-23-16-12(8-17)7-11-4-2-3-5-13(11)18-16/h6-7H,2-5,9H2,1H3,(H,19,20,21)/p+1. The van der Waals surface area contributed by atoms with Crippen LogP contribution in [-0.4, -0.2) is 16.8 Å². The number of aromatic amines is 1. The van der Waals surface area contributed by atoms with Crippen molar-refractivity contribution in [2.24, 2.45) is 0 Å². The first kappa shape index (κ1) is 15.6. The molecule has 2 aromatic heterocycles. The maximum absolute atomic E-state index is 12.0. The Morgan fingerprint density at radius 2 is 2.30 bits per heavy atom. The average Bonchev–Trinajstić information content (AvgIpc) is 2.96. The Morgan fingerprint density at radius 3 is 3.04 bits per heavy atom. The SMILES string of the molecule is Cc1cc(NC(=O)CSc2[nH+]c3c(cc2C#N)CCCC3)no1. The van der Waals surface area contributed by atoms with Crippen LogP contribution in [0.2, 0.25) is 0 Å². The fourth-order valence-corrected chi connectivity index (χ4v) is 3.42. The number of thioether (sulfide) groups is 1. The average molecular weight is 329 g/mol. The summed E-state index contributed by atoms with van der Waals surface area (Å²) in [6.07, 6.45) is 4.33. The second kappa shape index (κ2) is 6.84. The van der Waals surface area contributed by atoms with Crippen molar-refractivity contribution < 1.29 is 14.3 Å². The van der Waals surface area contributed by atoms with Crippen molar-refractivity contribution in [3.05, 3.63) is 34.7 Å². The van der Waals surface area contributed by atoms with Crippen LogP contribution < -0.4 is 10.3 Å². The van der Waals surface area contributed by atoms with Gasteiger partial charge in [-0.3, -0.25) is 4.79 Å². The van der Waals surface area contributed by atoms with Crippen molar-refractivity contribution in [2.75, 3.05) is 11.1 Å². The number of fused-ring (bicyclic) bond motifs is 1. The van der Waals surface area contributed by atoms with E-state index in [1.54, 1.807) is 13.0 Å². The number of anilines is 1. The lowest BCUT2D eigenvalue weighted by molar-refractivity contribution is -0.439. The number of aryl methyl sites for hydroxylation is 3. The van der Waals surface area contributed by atoms with Crippen LogP contribution in [0.25, 0.3) is 0 Å². The second-order valence-corrected chi connectivity index (χ2v) is 6.48. The monoisotopic (exact) mass is 329 g/mol. The van der Waals surface area contributed by atoms with Crippen LogP contribution in [0.5, 0.6) is 0 Å². The molecule has 0 spiro atoms. The van der Waals surface area contributed by atoms with Crippen molar-refractivity contribution in [1.29, 1.82) is 5.26 Å². The number of aromatic nitrogens is 2. The smallest absolute Gasteiger partial charge is 0.257 e. The topological polar surface area (TPSA) is 93.1 Å². The highest BCUT2D eigenvalue weighted by Gasteiger charge is 2.22. The summed E-state index contributed by atoms with van der Waals surface area (Å²) in [6, 6.07) is 5.82. The van der Waals surface area contributed by atoms with Gasteiger partial charge in [-0.25, -0.2) is 4.98 Å². The van der Waals surface area contributed by atoms with Gasteiger partial charge in [0.2, 0.25) is 5.91 Å². The molecule has 6 nitrogen and oxygen atoms in total. The number of pyridine rings is 1. The molecular weight excluding hydrogens is 312 g/mol. The van der Waals surface area contributed by atoms with E-state index >= 15 is 0 Å². The quantitative estimate of drug-likeness (QED) is 0.869. The van der Waals surface area contributed by atoms with E-state index in [0.717, 1.165) is 30.7 Å². The van der Waals surface area contributed by atoms with Gasteiger partial charge in [0, 0.05) is 18.1 Å². The lowest BCUT2D eigenvalue weighted by atomic mass is 9.95. The van der Waals surface area contributed by atoms with E-state index in [0.29, 0.717) is 17.1 Å². The highest BCUT2D eigenvalue weighted by Crippen LogP contribution is 2.24. The molecule has 23 heavy (non-hydrogen) atoms. The van der Waals surface area contributed by atoms with Gasteiger partial charge in [0.1, 0.15) is 17.4 Å². The van der Waals surface area contributed by atoms with Gasteiger partial charge in [-0.05, 0) is 44.0 Å². The molecule has 7 heteroatoms. The Bertz CT molecular complexity index is 779. The Balaban J connectivity index is 1.67. The Morgan fingerprint density at radius 1 is 1.48 bits per heavy atom. The molecule has 0 unspecified atom stereocenters. The normalized spacial score (nSPS) is 13.2. The summed E-state index contributed by atoms with van der Waals surface area (Å²) in [5.74, 6) is 1.07. The van der Waals surface area contributed by atoms with Crippen LogP contribution >= 0.6 is 11.8 Å². The zero-order valence-corrected chi connectivity index (χ0v) is 13.6. The van der Waals surface area contributed by atoms with Gasteiger partial charge in [0.05, 0.1) is 5.75 Å². The zero-order chi connectivity index (χ0) is 16.2. The van der Waals surface area contributed by atoms with Crippen LogP contribution in [0.3, 0.4) is 0 Å². The molecule has 0 radical (unpaired) electrons. The summed E-state index contributed by atoms with van der Waals surface area (Å²) < 4.78 is 4.91. The van der Waals surface area contributed by atoms with Gasteiger partial charge in [-0.2, -0.15) is 5.26 Å². The fourth-order valence-electron chi connectivity index (χ4n) is 2.61. The summed E-state index contributed by atoms with van der Waals surface area (Å²) >= 11 is 1.33. The molecule has 1 aliphatic rings. The number of hydrogen-bond acceptors (Lipinski definition) is 5. The van der Waals surface area contributed by atoms with E-state index < -0.39 is 0 Å². The number of rotatable bonds is 4. The van der Waals surface area contributed by atoms with E-state index in [-0.39, 0.29) is 11.7 Å². The van der Waals surface area contributed by atoms with Crippen molar-refractivity contribution in [3.8, 4) is 6.07 Å². The molecule has 1 aliphatic carbocycles. The molecule has 3 rings (SSSR count). The Hall–Kier alpha value is -2.33. The minimum atomic E-state index is -0.182. The number of carbonyl (C=O) groups excluding carboxylic acids is 1. The first-order chi connectivity index (χ1) is 11.2. The summed E-state index contributed by atoms with van der Waals surface area (Å²) in [5.41, 5.74) is 3.01. The first-order valence-corrected chi connectivity index (χ1v) is 8.48. The van der Waals surface area contributed by atoms with Crippen LogP contribution in [0.4, 0.5) is 5.82 Å². The number of H-pyrrole nitrogens is 1. The molecule has 2 aromatic rings. The van der Waals surface area contributed by atoms with Gasteiger partial charge in [-0.1, -0.05) is 5.16 Å². The highest BCUT2D eigenvalue weighted by molar-refractivity contribution is 7.99. The lowest BCUT2D eigenvalue weighted by Crippen LogP contribution is -2.23. The van der Waals surface area contributed by atoms with Gasteiger partial charge in [0.25, 0.3) is 5.03 Å². The van der Waals surface area contributed by atoms with Gasteiger partial charge >= 0.3 is 0 Å². The summed E-state index contributed by atoms with van der Waals surface area (Å²) in [4.78, 5) is 15.3. The molecule has 2 N–H and O–H groups in total. The third-order valence-electron chi connectivity index (χ3n) is 3.70. The van der Waals surface area contributed by atoms with Crippen molar-refractivity contribution in [1.82, 2.24) is 5.16 Å². The van der Waals surface area contributed by atoms with Gasteiger partial charge in [-0.15, -0.1) is 0 Å². The highest BCUT2D eigenvalue weighted by atomic mass is 32.2. The summed E-state index contributed by atoms with van der Waals surface area (Å²) in [7, 11) is 0. The predicted octanol–water partition coefficient (Wildman–Crippen LogP) is 2.28. The zero-order valence-electron chi connectivity index (χ0n) is 12.8. The third kappa shape index (κ3) is 3.71. The molecular formula is C16H17N4O2S+. The number of nitrogens with zero attached hydrogens (tertiary/aromatic N) is 2. The van der Waals surface area contributed by atoms with Gasteiger partial charge < -0.3 is 9.84 Å². The third-order valence-corrected chi connectivity index (χ3v) is 4.72. The van der Waals surface area contributed by atoms with E-state index in [2.05, 4.69) is 21.5 Å². The number of hydrogen-bond donors (Lipinski definition) is 1. The fraction of sp³-hybridized carbons (Fsp3) is 0.375. The molecule has 0 saturated carbocycles. The Kier molecular flexibility index (Phi) is 4.63. The van der Waals surface area contributed by atoms with E-state index in [4.69, 9.17) is 4.52 Å². The number of nitrogens with one attached hydrogen (secondary N) is 2. The molecule has 0 atom stereocenters. The molecule has 1 amide bonds. The van der Waals surface area contributed by atoms with Gasteiger partial charge in [0.15, 0.2) is 11.5 Å². The van der Waals surface area contributed by atoms with Crippen LogP contribution in [0, 0.1) is 18.3 Å². The molecule has 118 valence electrons. The summed E-state index contributed by atoms with van der Waals surface area (Å²) in [6.45, 7) is 1.76. The number of nitriles is 1. The minimum Gasteiger partial charge on any atom is -0.360 e. The second-order valence-electron chi connectivity index (χ2n) is 5.49. The first-order valence-electron chi connectivity index (χ1n) is 7.50. The number of amides is 1. The molecule has 0 bridgehead atoms. The van der Waals surface area contributed by atoms with Crippen LogP contribution in [0.1, 0.15) is 35.4 Å². The molecule has 0 fully saturated rings. The minimum absolute atomic E-state index is 0.182. The van der Waals surface area contributed by atoms with Crippen molar-refractivity contribution in [2.45, 2.75) is 37.6 Å². The van der Waals surface area contributed by atoms with Crippen molar-refractivity contribution >= 4 is 23.5 Å². The maximum atomic E-state index is 12.0. The van der Waals surface area contributed by atoms with E-state index in [9.17, 15) is 10.1 Å². The predicted molar refractivity (Wildman–Crippen MR) is 84.9 cm³/mol. The number of carbonyl (C=O) groups is 1. The van der Waals surface area contributed by atoms with Crippen molar-refractivity contribution in [3.63, 3.8) is 0 Å². The largest absolute Gasteiger partial charge is 0.360 e. The molecule has 0 aromatic carbocycles. The lowest BCUT2D eigenvalue weighted by Gasteiger charge is -2.11. The molecule has 0 aliphatic heterocycles.